The van der Waals surface area contributed by atoms with Crippen LogP contribution in [0, 0.1) is 0 Å². The van der Waals surface area contributed by atoms with E-state index in [9.17, 15) is 8.42 Å². The van der Waals surface area contributed by atoms with Gasteiger partial charge >= 0.3 is 0 Å². The lowest BCUT2D eigenvalue weighted by molar-refractivity contribution is 0.609. The van der Waals surface area contributed by atoms with Gasteiger partial charge in [-0.05, 0) is 48.5 Å². The molecule has 3 aromatic rings. The van der Waals surface area contributed by atoms with Crippen molar-refractivity contribution in [2.24, 2.45) is 0 Å². The molecule has 0 spiro atoms. The Labute approximate surface area is 137 Å². The molecule has 0 saturated carbocycles. The van der Waals surface area contributed by atoms with E-state index in [0.29, 0.717) is 16.5 Å². The van der Waals surface area contributed by atoms with Gasteiger partial charge in [-0.1, -0.05) is 17.7 Å². The molecule has 0 atom stereocenters. The molecule has 0 radical (unpaired) electrons. The van der Waals surface area contributed by atoms with E-state index < -0.39 is 9.05 Å². The molecule has 1 N–H and O–H groups in total. The first-order chi connectivity index (χ1) is 10.4. The van der Waals surface area contributed by atoms with Crippen LogP contribution in [0.4, 0.5) is 11.5 Å². The maximum atomic E-state index is 11.2. The average molecular weight is 353 g/mol. The maximum absolute atomic E-state index is 11.2. The monoisotopic (exact) mass is 352 g/mol. The number of anilines is 2. The van der Waals surface area contributed by atoms with Crippen LogP contribution in [0.1, 0.15) is 0 Å². The van der Waals surface area contributed by atoms with E-state index >= 15 is 0 Å². The van der Waals surface area contributed by atoms with Gasteiger partial charge in [0.05, 0.1) is 10.4 Å². The van der Waals surface area contributed by atoms with Crippen molar-refractivity contribution in [3.8, 4) is 0 Å². The van der Waals surface area contributed by atoms with Crippen LogP contribution in [0.25, 0.3) is 10.9 Å². The van der Waals surface area contributed by atoms with E-state index in [2.05, 4.69) is 10.3 Å². The Balaban J connectivity index is 1.89. The van der Waals surface area contributed by atoms with Crippen LogP contribution < -0.4 is 5.32 Å². The Bertz CT molecular complexity index is 941. The highest BCUT2D eigenvalue weighted by atomic mass is 35.7. The molecule has 1 aromatic heterocycles. The van der Waals surface area contributed by atoms with Gasteiger partial charge in [-0.15, -0.1) is 0 Å². The SMILES string of the molecule is O=S(=O)(Cl)c1ccc(Nc2ccc3ccc(Cl)cc3n2)cc1. The highest BCUT2D eigenvalue weighted by molar-refractivity contribution is 8.13. The zero-order valence-electron chi connectivity index (χ0n) is 11.1. The third-order valence-electron chi connectivity index (χ3n) is 3.06. The van der Waals surface area contributed by atoms with E-state index in [1.165, 1.54) is 12.1 Å². The summed E-state index contributed by atoms with van der Waals surface area (Å²) in [7, 11) is 1.57. The van der Waals surface area contributed by atoms with E-state index in [1.807, 2.05) is 24.3 Å². The number of benzene rings is 2. The number of nitrogens with zero attached hydrogens (tertiary/aromatic N) is 1. The predicted octanol–water partition coefficient (Wildman–Crippen LogP) is 4.56. The number of hydrogen-bond acceptors (Lipinski definition) is 4. The molecular weight excluding hydrogens is 343 g/mol. The molecule has 0 saturated heterocycles. The normalized spacial score (nSPS) is 11.5. The third kappa shape index (κ3) is 3.32. The second kappa shape index (κ2) is 5.76. The molecule has 4 nitrogen and oxygen atoms in total. The standard InChI is InChI=1S/C15H10Cl2N2O2S/c16-11-3-1-10-2-8-15(19-14(10)9-11)18-12-4-6-13(7-5-12)22(17,20)21/h1-9H,(H,18,19). The summed E-state index contributed by atoms with van der Waals surface area (Å²) in [4.78, 5) is 4.52. The Hall–Kier alpha value is -1.82. The van der Waals surface area contributed by atoms with Gasteiger partial charge < -0.3 is 5.32 Å². The molecule has 2 aromatic carbocycles. The topological polar surface area (TPSA) is 59.1 Å². The summed E-state index contributed by atoms with van der Waals surface area (Å²) >= 11 is 5.96. The lowest BCUT2D eigenvalue weighted by atomic mass is 10.2. The quantitative estimate of drug-likeness (QED) is 0.702. The summed E-state index contributed by atoms with van der Waals surface area (Å²) in [6.07, 6.45) is 0. The minimum atomic E-state index is -3.71. The number of halogens is 2. The number of hydrogen-bond donors (Lipinski definition) is 1. The van der Waals surface area contributed by atoms with Gasteiger partial charge in [-0.3, -0.25) is 0 Å². The van der Waals surface area contributed by atoms with Gasteiger partial charge in [0.2, 0.25) is 0 Å². The largest absolute Gasteiger partial charge is 0.340 e. The predicted molar refractivity (Wildman–Crippen MR) is 89.5 cm³/mol. The van der Waals surface area contributed by atoms with Crippen molar-refractivity contribution in [3.63, 3.8) is 0 Å². The number of nitrogens with one attached hydrogen (secondary N) is 1. The second-order valence-electron chi connectivity index (χ2n) is 4.62. The molecule has 0 bridgehead atoms. The maximum Gasteiger partial charge on any atom is 0.261 e. The fourth-order valence-corrected chi connectivity index (χ4v) is 2.94. The van der Waals surface area contributed by atoms with Crippen molar-refractivity contribution < 1.29 is 8.42 Å². The molecule has 0 aliphatic rings. The fourth-order valence-electron chi connectivity index (χ4n) is 2.01. The minimum absolute atomic E-state index is 0.0537. The molecule has 0 amide bonds. The van der Waals surface area contributed by atoms with Crippen molar-refractivity contribution in [1.82, 2.24) is 4.98 Å². The lowest BCUT2D eigenvalue weighted by Gasteiger charge is -2.07. The van der Waals surface area contributed by atoms with Crippen molar-refractivity contribution in [3.05, 3.63) is 59.6 Å². The van der Waals surface area contributed by atoms with Gasteiger partial charge in [0.25, 0.3) is 9.05 Å². The molecule has 7 heteroatoms. The minimum Gasteiger partial charge on any atom is -0.340 e. The van der Waals surface area contributed by atoms with Crippen molar-refractivity contribution in [1.29, 1.82) is 0 Å². The average Bonchev–Trinajstić information content (AvgIpc) is 2.46. The van der Waals surface area contributed by atoms with E-state index in [0.717, 1.165) is 10.9 Å². The van der Waals surface area contributed by atoms with Crippen LogP contribution in [0.15, 0.2) is 59.5 Å². The molecule has 0 fully saturated rings. The smallest absolute Gasteiger partial charge is 0.261 e. The van der Waals surface area contributed by atoms with E-state index in [-0.39, 0.29) is 4.90 Å². The Kier molecular flexibility index (Phi) is 3.95. The number of pyridine rings is 1. The summed E-state index contributed by atoms with van der Waals surface area (Å²) < 4.78 is 22.4. The summed E-state index contributed by atoms with van der Waals surface area (Å²) in [6, 6.07) is 15.4. The first-order valence-electron chi connectivity index (χ1n) is 6.30. The Morgan fingerprint density at radius 1 is 0.955 bits per heavy atom. The first kappa shape index (κ1) is 15.1. The molecular formula is C15H10Cl2N2O2S. The van der Waals surface area contributed by atoms with Gasteiger partial charge in [-0.2, -0.15) is 0 Å². The Morgan fingerprint density at radius 3 is 2.32 bits per heavy atom. The Morgan fingerprint density at radius 2 is 1.64 bits per heavy atom. The number of aromatic nitrogens is 1. The molecule has 0 aliphatic carbocycles. The first-order valence-corrected chi connectivity index (χ1v) is 8.99. The van der Waals surface area contributed by atoms with Crippen molar-refractivity contribution in [2.75, 3.05) is 5.32 Å². The summed E-state index contributed by atoms with van der Waals surface area (Å²) in [5, 5.41) is 4.71. The summed E-state index contributed by atoms with van der Waals surface area (Å²) in [6.45, 7) is 0. The van der Waals surface area contributed by atoms with Crippen LogP contribution in [0.5, 0.6) is 0 Å². The molecule has 0 aliphatic heterocycles. The second-order valence-corrected chi connectivity index (χ2v) is 7.62. The van der Waals surface area contributed by atoms with Crippen LogP contribution in [0.3, 0.4) is 0 Å². The number of fused-ring (bicyclic) bond motifs is 1. The van der Waals surface area contributed by atoms with Crippen molar-refractivity contribution in [2.45, 2.75) is 4.90 Å². The van der Waals surface area contributed by atoms with Gasteiger partial charge in [0, 0.05) is 26.8 Å². The van der Waals surface area contributed by atoms with Crippen molar-refractivity contribution >= 4 is 53.7 Å². The molecule has 3 rings (SSSR count). The molecule has 22 heavy (non-hydrogen) atoms. The number of rotatable bonds is 3. The van der Waals surface area contributed by atoms with E-state index in [1.54, 1.807) is 18.2 Å². The summed E-state index contributed by atoms with van der Waals surface area (Å²) in [5.74, 6) is 0.635. The lowest BCUT2D eigenvalue weighted by Crippen LogP contribution is -1.95. The van der Waals surface area contributed by atoms with Crippen LogP contribution in [-0.4, -0.2) is 13.4 Å². The van der Waals surface area contributed by atoms with Gasteiger partial charge in [0.15, 0.2) is 0 Å². The highest BCUT2D eigenvalue weighted by Gasteiger charge is 2.09. The zero-order valence-corrected chi connectivity index (χ0v) is 13.5. The van der Waals surface area contributed by atoms with Crippen LogP contribution in [-0.2, 0) is 9.05 Å². The molecule has 1 heterocycles. The van der Waals surface area contributed by atoms with Crippen LogP contribution >= 0.6 is 22.3 Å². The van der Waals surface area contributed by atoms with Crippen LogP contribution in [0.2, 0.25) is 5.02 Å². The molecule has 112 valence electrons. The zero-order chi connectivity index (χ0) is 15.7. The summed E-state index contributed by atoms with van der Waals surface area (Å²) in [5.41, 5.74) is 1.48. The van der Waals surface area contributed by atoms with Gasteiger partial charge in [0.1, 0.15) is 5.82 Å². The fraction of sp³-hybridized carbons (Fsp3) is 0. The molecule has 0 unspecified atom stereocenters. The third-order valence-corrected chi connectivity index (χ3v) is 4.67. The highest BCUT2D eigenvalue weighted by Crippen LogP contribution is 2.23. The van der Waals surface area contributed by atoms with E-state index in [4.69, 9.17) is 22.3 Å². The van der Waals surface area contributed by atoms with Gasteiger partial charge in [-0.25, -0.2) is 13.4 Å².